The zero-order valence-corrected chi connectivity index (χ0v) is 10.6. The summed E-state index contributed by atoms with van der Waals surface area (Å²) in [4.78, 5) is 15.4. The Kier molecular flexibility index (Phi) is 5.22. The highest BCUT2D eigenvalue weighted by molar-refractivity contribution is 5.74. The van der Waals surface area contributed by atoms with Crippen molar-refractivity contribution in [3.05, 3.63) is 0 Å². The van der Waals surface area contributed by atoms with Gasteiger partial charge in [-0.05, 0) is 25.9 Å². The Bertz CT molecular complexity index is 233. The van der Waals surface area contributed by atoms with Crippen LogP contribution in [0.2, 0.25) is 0 Å². The molecule has 2 aliphatic rings. The third-order valence-electron chi connectivity index (χ3n) is 3.51. The minimum atomic E-state index is -0.647. The van der Waals surface area contributed by atoms with Crippen LogP contribution in [-0.2, 0) is 4.79 Å². The minimum absolute atomic E-state index is 0.197. The number of likely N-dealkylation sites (tertiary alicyclic amines) is 2. The van der Waals surface area contributed by atoms with Gasteiger partial charge in [-0.25, -0.2) is 0 Å². The Balaban J connectivity index is 0.000000606. The monoisotopic (exact) mass is 228 g/mol. The number of carboxylic acid groups (broad SMARTS) is 1. The Morgan fingerprint density at radius 3 is 2.38 bits per heavy atom. The zero-order chi connectivity index (χ0) is 12.1. The third kappa shape index (κ3) is 2.74. The summed E-state index contributed by atoms with van der Waals surface area (Å²) in [6.07, 6.45) is 1.97. The second-order valence-electron chi connectivity index (χ2n) is 4.22. The molecule has 2 aliphatic heterocycles. The number of carbonyl (C=O) groups is 1. The van der Waals surface area contributed by atoms with Gasteiger partial charge < -0.3 is 10.0 Å². The lowest BCUT2D eigenvalue weighted by atomic mass is 9.99. The van der Waals surface area contributed by atoms with E-state index in [-0.39, 0.29) is 6.04 Å². The SMILES string of the molecule is CC.CCN1CCC(N2CCC2C(=O)O)C1. The van der Waals surface area contributed by atoms with Crippen LogP contribution in [0.5, 0.6) is 0 Å². The molecule has 0 spiro atoms. The van der Waals surface area contributed by atoms with Crippen molar-refractivity contribution in [1.82, 2.24) is 9.80 Å². The van der Waals surface area contributed by atoms with Gasteiger partial charge in [-0.2, -0.15) is 0 Å². The summed E-state index contributed by atoms with van der Waals surface area (Å²) < 4.78 is 0. The van der Waals surface area contributed by atoms with Gasteiger partial charge in [0.2, 0.25) is 0 Å². The lowest BCUT2D eigenvalue weighted by Gasteiger charge is -2.42. The zero-order valence-electron chi connectivity index (χ0n) is 10.6. The van der Waals surface area contributed by atoms with Crippen molar-refractivity contribution in [2.24, 2.45) is 0 Å². The van der Waals surface area contributed by atoms with Crippen LogP contribution in [0.1, 0.15) is 33.6 Å². The molecular weight excluding hydrogens is 204 g/mol. The number of nitrogens with zero attached hydrogens (tertiary/aromatic N) is 2. The first-order chi connectivity index (χ1) is 7.72. The molecule has 2 unspecified atom stereocenters. The molecule has 0 aliphatic carbocycles. The van der Waals surface area contributed by atoms with Gasteiger partial charge in [-0.15, -0.1) is 0 Å². The molecule has 4 nitrogen and oxygen atoms in total. The van der Waals surface area contributed by atoms with E-state index in [0.717, 1.165) is 39.0 Å². The quantitative estimate of drug-likeness (QED) is 0.790. The number of carboxylic acids is 1. The average Bonchev–Trinajstić information content (AvgIpc) is 2.66. The average molecular weight is 228 g/mol. The highest BCUT2D eigenvalue weighted by Crippen LogP contribution is 2.26. The van der Waals surface area contributed by atoms with E-state index < -0.39 is 5.97 Å². The molecule has 4 heteroatoms. The maximum atomic E-state index is 10.8. The first-order valence-corrected chi connectivity index (χ1v) is 6.43. The summed E-state index contributed by atoms with van der Waals surface area (Å²) in [5, 5.41) is 8.93. The number of rotatable bonds is 3. The Morgan fingerprint density at radius 2 is 2.00 bits per heavy atom. The molecule has 0 aromatic carbocycles. The first kappa shape index (κ1) is 13.5. The topological polar surface area (TPSA) is 43.8 Å². The number of hydrogen-bond acceptors (Lipinski definition) is 3. The summed E-state index contributed by atoms with van der Waals surface area (Å²) >= 11 is 0. The van der Waals surface area contributed by atoms with E-state index in [9.17, 15) is 4.79 Å². The van der Waals surface area contributed by atoms with Crippen molar-refractivity contribution in [2.45, 2.75) is 45.7 Å². The predicted molar refractivity (Wildman–Crippen MR) is 64.6 cm³/mol. The van der Waals surface area contributed by atoms with Gasteiger partial charge in [0.25, 0.3) is 0 Å². The fraction of sp³-hybridized carbons (Fsp3) is 0.917. The van der Waals surface area contributed by atoms with Crippen molar-refractivity contribution < 1.29 is 9.90 Å². The van der Waals surface area contributed by atoms with Gasteiger partial charge in [0.1, 0.15) is 6.04 Å². The predicted octanol–water partition coefficient (Wildman–Crippen LogP) is 1.27. The maximum Gasteiger partial charge on any atom is 0.320 e. The van der Waals surface area contributed by atoms with Gasteiger partial charge in [-0.3, -0.25) is 9.69 Å². The molecule has 2 heterocycles. The Morgan fingerprint density at radius 1 is 1.31 bits per heavy atom. The standard InChI is InChI=1S/C10H18N2O2.C2H6/c1-2-11-5-3-8(7-11)12-6-4-9(12)10(13)14;1-2/h8-9H,2-7H2,1H3,(H,13,14);1-2H3. The van der Waals surface area contributed by atoms with Gasteiger partial charge in [-0.1, -0.05) is 20.8 Å². The van der Waals surface area contributed by atoms with Gasteiger partial charge in [0.05, 0.1) is 0 Å². The first-order valence-electron chi connectivity index (χ1n) is 6.43. The third-order valence-corrected chi connectivity index (χ3v) is 3.51. The van der Waals surface area contributed by atoms with Crippen LogP contribution in [0.15, 0.2) is 0 Å². The fourth-order valence-electron chi connectivity index (χ4n) is 2.48. The molecule has 94 valence electrons. The number of hydrogen-bond donors (Lipinski definition) is 1. The molecule has 0 aromatic rings. The van der Waals surface area contributed by atoms with Crippen LogP contribution in [-0.4, -0.2) is 59.1 Å². The molecular formula is C12H24N2O2. The highest BCUT2D eigenvalue weighted by atomic mass is 16.4. The van der Waals surface area contributed by atoms with Gasteiger partial charge >= 0.3 is 5.97 Å². The lowest BCUT2D eigenvalue weighted by molar-refractivity contribution is -0.149. The van der Waals surface area contributed by atoms with Crippen LogP contribution < -0.4 is 0 Å². The normalized spacial score (nSPS) is 30.4. The molecule has 1 N–H and O–H groups in total. The van der Waals surface area contributed by atoms with Crippen molar-refractivity contribution in [1.29, 1.82) is 0 Å². The smallest absolute Gasteiger partial charge is 0.320 e. The Labute approximate surface area is 98.2 Å². The van der Waals surface area contributed by atoms with E-state index >= 15 is 0 Å². The van der Waals surface area contributed by atoms with Crippen LogP contribution in [0, 0.1) is 0 Å². The van der Waals surface area contributed by atoms with E-state index in [4.69, 9.17) is 5.11 Å². The second-order valence-corrected chi connectivity index (χ2v) is 4.22. The summed E-state index contributed by atoms with van der Waals surface area (Å²) in [5.41, 5.74) is 0. The largest absolute Gasteiger partial charge is 0.480 e. The number of likely N-dealkylation sites (N-methyl/N-ethyl adjacent to an activating group) is 1. The molecule has 0 bridgehead atoms. The molecule has 2 fully saturated rings. The van der Waals surface area contributed by atoms with Crippen molar-refractivity contribution in [3.8, 4) is 0 Å². The van der Waals surface area contributed by atoms with Crippen LogP contribution in [0.3, 0.4) is 0 Å². The van der Waals surface area contributed by atoms with Crippen LogP contribution in [0.25, 0.3) is 0 Å². The molecule has 16 heavy (non-hydrogen) atoms. The van der Waals surface area contributed by atoms with Crippen molar-refractivity contribution >= 4 is 5.97 Å². The summed E-state index contributed by atoms with van der Waals surface area (Å²) in [6, 6.07) is 0.293. The minimum Gasteiger partial charge on any atom is -0.480 e. The van der Waals surface area contributed by atoms with E-state index in [0.29, 0.717) is 6.04 Å². The van der Waals surface area contributed by atoms with E-state index in [2.05, 4.69) is 16.7 Å². The second kappa shape index (κ2) is 6.21. The fourth-order valence-corrected chi connectivity index (χ4v) is 2.48. The maximum absolute atomic E-state index is 10.8. The van der Waals surface area contributed by atoms with Gasteiger partial charge in [0.15, 0.2) is 0 Å². The van der Waals surface area contributed by atoms with Crippen LogP contribution >= 0.6 is 0 Å². The molecule has 2 atom stereocenters. The highest BCUT2D eigenvalue weighted by Gasteiger charge is 2.40. The summed E-state index contributed by atoms with van der Waals surface area (Å²) in [5.74, 6) is -0.647. The molecule has 0 amide bonds. The van der Waals surface area contributed by atoms with E-state index in [1.807, 2.05) is 13.8 Å². The van der Waals surface area contributed by atoms with Crippen molar-refractivity contribution in [3.63, 3.8) is 0 Å². The molecule has 0 saturated carbocycles. The number of aliphatic carboxylic acids is 1. The lowest BCUT2D eigenvalue weighted by Crippen LogP contribution is -2.57. The van der Waals surface area contributed by atoms with Crippen molar-refractivity contribution in [2.75, 3.05) is 26.2 Å². The molecule has 2 saturated heterocycles. The van der Waals surface area contributed by atoms with Gasteiger partial charge in [0, 0.05) is 19.1 Å². The van der Waals surface area contributed by atoms with Crippen LogP contribution in [0.4, 0.5) is 0 Å². The summed E-state index contributed by atoms with van der Waals surface area (Å²) in [6.45, 7) is 10.4. The molecule has 0 aromatic heterocycles. The molecule has 2 rings (SSSR count). The summed E-state index contributed by atoms with van der Waals surface area (Å²) in [7, 11) is 0. The van der Waals surface area contributed by atoms with E-state index in [1.54, 1.807) is 0 Å². The molecule has 0 radical (unpaired) electrons. The Hall–Kier alpha value is -0.610. The van der Waals surface area contributed by atoms with E-state index in [1.165, 1.54) is 0 Å².